The predicted octanol–water partition coefficient (Wildman–Crippen LogP) is 4.37. The Morgan fingerprint density at radius 2 is 1.96 bits per heavy atom. The van der Waals surface area contributed by atoms with Crippen molar-refractivity contribution in [2.75, 3.05) is 13.7 Å². The van der Waals surface area contributed by atoms with Crippen LogP contribution < -0.4 is 14.8 Å². The Bertz CT molecular complexity index is 836. The van der Waals surface area contributed by atoms with E-state index in [0.717, 1.165) is 18.4 Å². The van der Waals surface area contributed by atoms with Crippen molar-refractivity contribution in [3.63, 3.8) is 0 Å². The molecule has 0 radical (unpaired) electrons. The van der Waals surface area contributed by atoms with Gasteiger partial charge in [-0.05, 0) is 48.1 Å². The van der Waals surface area contributed by atoms with Crippen LogP contribution in [0.15, 0.2) is 42.5 Å². The lowest BCUT2D eigenvalue weighted by Gasteiger charge is -2.15. The van der Waals surface area contributed by atoms with Crippen LogP contribution in [0.2, 0.25) is 0 Å². The minimum atomic E-state index is -4.42. The lowest BCUT2D eigenvalue weighted by molar-refractivity contribution is -0.153. The molecule has 1 N–H and O–H groups in total. The molecular formula is C21H22F3NO3. The minimum Gasteiger partial charge on any atom is -0.493 e. The molecule has 0 saturated heterocycles. The van der Waals surface area contributed by atoms with Gasteiger partial charge in [-0.25, -0.2) is 0 Å². The largest absolute Gasteiger partial charge is 0.493 e. The Morgan fingerprint density at radius 1 is 1.18 bits per heavy atom. The summed E-state index contributed by atoms with van der Waals surface area (Å²) >= 11 is 0. The number of methoxy groups -OCH3 is 1. The highest BCUT2D eigenvalue weighted by Gasteiger charge is 2.29. The second-order valence-electron chi connectivity index (χ2n) is 6.75. The number of ether oxygens (including phenoxy) is 2. The topological polar surface area (TPSA) is 47.6 Å². The Balaban J connectivity index is 1.55. The number of aryl methyl sites for hydroxylation is 2. The molecule has 0 bridgehead atoms. The minimum absolute atomic E-state index is 0.0237. The molecule has 28 heavy (non-hydrogen) atoms. The summed E-state index contributed by atoms with van der Waals surface area (Å²) in [6.45, 7) is -1.38. The molecule has 150 valence electrons. The first-order valence-electron chi connectivity index (χ1n) is 9.09. The van der Waals surface area contributed by atoms with Gasteiger partial charge >= 0.3 is 6.18 Å². The summed E-state index contributed by atoms with van der Waals surface area (Å²) in [5.41, 5.74) is 3.23. The fraction of sp³-hybridized carbons (Fsp3) is 0.381. The third kappa shape index (κ3) is 5.18. The maximum absolute atomic E-state index is 12.3. The molecule has 0 spiro atoms. The van der Waals surface area contributed by atoms with Gasteiger partial charge in [-0.2, -0.15) is 13.2 Å². The molecule has 0 aromatic heterocycles. The number of alkyl halides is 3. The Labute approximate surface area is 161 Å². The van der Waals surface area contributed by atoms with Crippen LogP contribution in [-0.2, 0) is 17.6 Å². The van der Waals surface area contributed by atoms with Gasteiger partial charge in [0.15, 0.2) is 18.1 Å². The monoisotopic (exact) mass is 393 g/mol. The molecule has 4 nitrogen and oxygen atoms in total. The molecule has 7 heteroatoms. The molecule has 1 aliphatic carbocycles. The molecule has 0 saturated carbocycles. The zero-order valence-corrected chi connectivity index (χ0v) is 15.5. The normalized spacial score (nSPS) is 15.8. The van der Waals surface area contributed by atoms with E-state index >= 15 is 0 Å². The number of amides is 1. The number of hydrogen-bond donors (Lipinski definition) is 1. The highest BCUT2D eigenvalue weighted by molar-refractivity contribution is 5.77. The van der Waals surface area contributed by atoms with Gasteiger partial charge < -0.3 is 14.8 Å². The maximum atomic E-state index is 12.3. The van der Waals surface area contributed by atoms with Gasteiger partial charge in [0.1, 0.15) is 0 Å². The van der Waals surface area contributed by atoms with Crippen molar-refractivity contribution in [2.24, 2.45) is 0 Å². The number of hydrogen-bond acceptors (Lipinski definition) is 3. The van der Waals surface area contributed by atoms with Gasteiger partial charge in [-0.3, -0.25) is 4.79 Å². The van der Waals surface area contributed by atoms with Gasteiger partial charge in [0.2, 0.25) is 5.91 Å². The van der Waals surface area contributed by atoms with Crippen molar-refractivity contribution < 1.29 is 27.4 Å². The first kappa shape index (κ1) is 20.0. The first-order chi connectivity index (χ1) is 13.4. The van der Waals surface area contributed by atoms with Crippen LogP contribution in [0.4, 0.5) is 13.2 Å². The van der Waals surface area contributed by atoms with Crippen LogP contribution >= 0.6 is 0 Å². The fourth-order valence-corrected chi connectivity index (χ4v) is 3.38. The third-order valence-electron chi connectivity index (χ3n) is 4.73. The van der Waals surface area contributed by atoms with Crippen LogP contribution in [0.5, 0.6) is 11.5 Å². The molecular weight excluding hydrogens is 371 g/mol. The average Bonchev–Trinajstić information content (AvgIpc) is 3.07. The van der Waals surface area contributed by atoms with Gasteiger partial charge in [0.25, 0.3) is 0 Å². The number of halogens is 3. The lowest BCUT2D eigenvalue weighted by atomic mass is 10.1. The Morgan fingerprint density at radius 3 is 2.71 bits per heavy atom. The molecule has 1 amide bonds. The summed E-state index contributed by atoms with van der Waals surface area (Å²) in [5.74, 6) is 0.181. The second kappa shape index (κ2) is 8.54. The number of carbonyl (C=O) groups is 1. The van der Waals surface area contributed by atoms with Gasteiger partial charge in [-0.1, -0.05) is 30.3 Å². The van der Waals surface area contributed by atoms with E-state index in [1.165, 1.54) is 24.3 Å². The molecule has 0 heterocycles. The van der Waals surface area contributed by atoms with E-state index in [9.17, 15) is 18.0 Å². The van der Waals surface area contributed by atoms with E-state index in [0.29, 0.717) is 6.42 Å². The number of benzene rings is 2. The highest BCUT2D eigenvalue weighted by Crippen LogP contribution is 2.32. The highest BCUT2D eigenvalue weighted by atomic mass is 19.4. The number of rotatable bonds is 7. The molecule has 1 unspecified atom stereocenters. The molecule has 1 aliphatic rings. The summed E-state index contributed by atoms with van der Waals surface area (Å²) in [5, 5.41) is 3.06. The van der Waals surface area contributed by atoms with E-state index in [1.54, 1.807) is 12.1 Å². The van der Waals surface area contributed by atoms with E-state index in [2.05, 4.69) is 11.4 Å². The van der Waals surface area contributed by atoms with E-state index in [4.69, 9.17) is 9.47 Å². The van der Waals surface area contributed by atoms with Gasteiger partial charge in [0.05, 0.1) is 13.2 Å². The molecule has 2 aromatic carbocycles. The first-order valence-corrected chi connectivity index (χ1v) is 9.09. The van der Waals surface area contributed by atoms with Crippen molar-refractivity contribution in [1.29, 1.82) is 0 Å². The van der Waals surface area contributed by atoms with Crippen LogP contribution in [0.25, 0.3) is 0 Å². The Kier molecular flexibility index (Phi) is 6.11. The molecule has 2 aromatic rings. The summed E-state index contributed by atoms with van der Waals surface area (Å²) < 4.78 is 46.8. The SMILES string of the molecule is COc1cc(CCC(=O)NC2CCc3ccccc32)ccc1OCC(F)(F)F. The summed E-state index contributed by atoms with van der Waals surface area (Å²) in [6, 6.07) is 12.8. The van der Waals surface area contributed by atoms with Crippen LogP contribution in [0.1, 0.15) is 35.6 Å². The van der Waals surface area contributed by atoms with Crippen molar-refractivity contribution in [3.8, 4) is 11.5 Å². The smallest absolute Gasteiger partial charge is 0.422 e. The van der Waals surface area contributed by atoms with Crippen molar-refractivity contribution >= 4 is 5.91 Å². The standard InChI is InChI=1S/C21H22F3NO3/c1-27-19-12-14(6-10-18(19)28-13-21(22,23)24)7-11-20(26)25-17-9-8-15-4-2-3-5-16(15)17/h2-6,10,12,17H,7-9,11,13H2,1H3,(H,25,26). The summed E-state index contributed by atoms with van der Waals surface area (Å²) in [6.07, 6.45) is -1.83. The zero-order chi connectivity index (χ0) is 20.1. The lowest BCUT2D eigenvalue weighted by Crippen LogP contribution is -2.27. The quantitative estimate of drug-likeness (QED) is 0.760. The summed E-state index contributed by atoms with van der Waals surface area (Å²) in [7, 11) is 1.36. The van der Waals surface area contributed by atoms with Crippen molar-refractivity contribution in [2.45, 2.75) is 37.9 Å². The molecule has 0 aliphatic heterocycles. The van der Waals surface area contributed by atoms with Crippen molar-refractivity contribution in [3.05, 3.63) is 59.2 Å². The third-order valence-corrected chi connectivity index (χ3v) is 4.73. The second-order valence-corrected chi connectivity index (χ2v) is 6.75. The molecule has 1 atom stereocenters. The van der Waals surface area contributed by atoms with E-state index in [1.807, 2.05) is 18.2 Å². The Hall–Kier alpha value is -2.70. The maximum Gasteiger partial charge on any atom is 0.422 e. The van der Waals surface area contributed by atoms with Gasteiger partial charge in [-0.15, -0.1) is 0 Å². The van der Waals surface area contributed by atoms with Crippen LogP contribution in [-0.4, -0.2) is 25.8 Å². The van der Waals surface area contributed by atoms with Gasteiger partial charge in [0, 0.05) is 6.42 Å². The fourth-order valence-electron chi connectivity index (χ4n) is 3.38. The molecule has 0 fully saturated rings. The predicted molar refractivity (Wildman–Crippen MR) is 98.5 cm³/mol. The van der Waals surface area contributed by atoms with Crippen molar-refractivity contribution in [1.82, 2.24) is 5.32 Å². The van der Waals surface area contributed by atoms with Crippen LogP contribution in [0.3, 0.4) is 0 Å². The molecule has 3 rings (SSSR count). The number of nitrogens with one attached hydrogen (secondary N) is 1. The van der Waals surface area contributed by atoms with E-state index < -0.39 is 12.8 Å². The van der Waals surface area contributed by atoms with E-state index in [-0.39, 0.29) is 29.9 Å². The summed E-state index contributed by atoms with van der Waals surface area (Å²) in [4.78, 5) is 12.3. The number of fused-ring (bicyclic) bond motifs is 1. The zero-order valence-electron chi connectivity index (χ0n) is 15.5. The van der Waals surface area contributed by atoms with Crippen LogP contribution in [0, 0.1) is 0 Å². The number of carbonyl (C=O) groups excluding carboxylic acids is 1. The average molecular weight is 393 g/mol.